The van der Waals surface area contributed by atoms with Crippen LogP contribution in [0.2, 0.25) is 0 Å². The normalized spacial score (nSPS) is 17.0. The van der Waals surface area contributed by atoms with Gasteiger partial charge in [-0.3, -0.25) is 0 Å². The number of aromatic nitrogens is 4. The second-order valence-electron chi connectivity index (χ2n) is 7.29. The molecule has 4 heterocycles. The first kappa shape index (κ1) is 20.8. The van der Waals surface area contributed by atoms with Crippen molar-refractivity contribution in [1.82, 2.24) is 24.9 Å². The third-order valence-corrected chi connectivity index (χ3v) is 5.01. The van der Waals surface area contributed by atoms with Crippen molar-refractivity contribution in [3.8, 4) is 11.6 Å². The Bertz CT molecular complexity index is 1090. The molecule has 0 unspecified atom stereocenters. The number of anilines is 1. The van der Waals surface area contributed by atoms with Crippen LogP contribution in [0.25, 0.3) is 5.65 Å². The number of ether oxygens (including phenoxy) is 2. The lowest BCUT2D eigenvalue weighted by Gasteiger charge is -2.26. The molecule has 0 aliphatic carbocycles. The van der Waals surface area contributed by atoms with Gasteiger partial charge in [0.2, 0.25) is 11.5 Å². The molecule has 31 heavy (non-hydrogen) atoms. The van der Waals surface area contributed by atoms with E-state index in [1.54, 1.807) is 19.2 Å². The van der Waals surface area contributed by atoms with Crippen LogP contribution in [0.3, 0.4) is 0 Å². The molecule has 10 nitrogen and oxygen atoms in total. The number of methoxy groups -OCH3 is 1. The van der Waals surface area contributed by atoms with Gasteiger partial charge in [-0.05, 0) is 31.9 Å². The van der Waals surface area contributed by atoms with E-state index in [1.807, 2.05) is 4.90 Å². The minimum atomic E-state index is -0.711. The predicted molar refractivity (Wildman–Crippen MR) is 109 cm³/mol. The molecule has 164 valence electrons. The molecule has 3 aromatic heterocycles. The molecule has 0 radical (unpaired) electrons. The molecule has 1 saturated heterocycles. The second-order valence-corrected chi connectivity index (χ2v) is 7.29. The number of pyridine rings is 1. The molecule has 0 bridgehead atoms. The highest BCUT2D eigenvalue weighted by Crippen LogP contribution is 2.39. The maximum atomic E-state index is 13.9. The van der Waals surface area contributed by atoms with E-state index in [0.717, 1.165) is 19.0 Å². The number of carbonyl (C=O) groups is 1. The Labute approximate surface area is 177 Å². The molecular formula is C20H23FN6O4. The largest absolute Gasteiger partial charge is 0.481 e. The van der Waals surface area contributed by atoms with Crippen molar-refractivity contribution in [2.45, 2.75) is 31.9 Å². The molecular weight excluding hydrogens is 407 g/mol. The van der Waals surface area contributed by atoms with Gasteiger partial charge in [-0.1, -0.05) is 0 Å². The quantitative estimate of drug-likeness (QED) is 0.611. The monoisotopic (exact) mass is 430 g/mol. The van der Waals surface area contributed by atoms with Gasteiger partial charge in [0.1, 0.15) is 11.6 Å². The molecule has 1 fully saturated rings. The molecule has 0 spiro atoms. The van der Waals surface area contributed by atoms with Crippen molar-refractivity contribution in [3.63, 3.8) is 0 Å². The summed E-state index contributed by atoms with van der Waals surface area (Å²) in [7, 11) is 1.51. The van der Waals surface area contributed by atoms with E-state index < -0.39 is 18.0 Å². The van der Waals surface area contributed by atoms with Crippen LogP contribution in [0.5, 0.6) is 11.6 Å². The van der Waals surface area contributed by atoms with Gasteiger partial charge in [0, 0.05) is 24.8 Å². The Hall–Kier alpha value is -3.47. The maximum Gasteiger partial charge on any atom is 0.412 e. The summed E-state index contributed by atoms with van der Waals surface area (Å²) in [5.41, 5.74) is 1.02. The number of carbonyl (C=O) groups excluding carboxylic acids is 1. The lowest BCUT2D eigenvalue weighted by atomic mass is 10.1. The molecule has 1 aliphatic heterocycles. The maximum absolute atomic E-state index is 13.9. The lowest BCUT2D eigenvalue weighted by Crippen LogP contribution is -2.32. The summed E-state index contributed by atoms with van der Waals surface area (Å²) in [4.78, 5) is 22.7. The summed E-state index contributed by atoms with van der Waals surface area (Å²) >= 11 is 0. The topological polar surface area (TPSA) is 114 Å². The molecule has 2 atom stereocenters. The average Bonchev–Trinajstić information content (AvgIpc) is 3.39. The zero-order chi connectivity index (χ0) is 22.0. The molecule has 11 heteroatoms. The Kier molecular flexibility index (Phi) is 5.85. The third kappa shape index (κ3) is 4.36. The van der Waals surface area contributed by atoms with Gasteiger partial charge in [0.15, 0.2) is 5.75 Å². The fraction of sp³-hybridized carbons (Fsp3) is 0.400. The molecule has 1 aliphatic rings. The van der Waals surface area contributed by atoms with Gasteiger partial charge < -0.3 is 24.8 Å². The number of nitrogens with one attached hydrogen (secondary N) is 1. The summed E-state index contributed by atoms with van der Waals surface area (Å²) in [5.74, 6) is 0.769. The molecule has 1 amide bonds. The zero-order valence-corrected chi connectivity index (χ0v) is 17.2. The number of aliphatic hydroxyl groups excluding tert-OH is 1. The average molecular weight is 430 g/mol. The zero-order valence-electron chi connectivity index (χ0n) is 17.2. The fourth-order valence-corrected chi connectivity index (χ4v) is 3.65. The van der Waals surface area contributed by atoms with E-state index in [9.17, 15) is 14.3 Å². The van der Waals surface area contributed by atoms with E-state index in [4.69, 9.17) is 9.47 Å². The van der Waals surface area contributed by atoms with Crippen LogP contribution in [0.4, 0.5) is 15.0 Å². The van der Waals surface area contributed by atoms with Crippen LogP contribution in [-0.4, -0.2) is 57.1 Å². The lowest BCUT2D eigenvalue weighted by molar-refractivity contribution is 0.172. The minimum Gasteiger partial charge on any atom is -0.481 e. The standard InChI is InChI=1S/C20H23FN6O4/c1-12(28)9-23-20(29)31-16-11-24-27-7-5-17(25-18(16)27)26-6-3-4-15(26)14-8-13(21)10-22-19(14)30-2/h5,7-8,10-12,15,28H,3-4,6,9H2,1-2H3,(H,23,29)/t12-,15+/m0/s1. The Morgan fingerprint density at radius 1 is 1.45 bits per heavy atom. The van der Waals surface area contributed by atoms with Crippen LogP contribution in [0.1, 0.15) is 31.4 Å². The molecule has 0 saturated carbocycles. The van der Waals surface area contributed by atoms with E-state index in [2.05, 4.69) is 20.4 Å². The first-order valence-corrected chi connectivity index (χ1v) is 9.90. The fourth-order valence-electron chi connectivity index (χ4n) is 3.65. The highest BCUT2D eigenvalue weighted by molar-refractivity contribution is 5.73. The summed E-state index contributed by atoms with van der Waals surface area (Å²) < 4.78 is 26.0. The first-order chi connectivity index (χ1) is 15.0. The van der Waals surface area contributed by atoms with Crippen molar-refractivity contribution >= 4 is 17.6 Å². The second kappa shape index (κ2) is 8.72. The number of halogens is 1. The summed E-state index contributed by atoms with van der Waals surface area (Å²) in [6.07, 6.45) is 4.52. The number of aliphatic hydroxyl groups is 1. The van der Waals surface area contributed by atoms with Crippen LogP contribution < -0.4 is 19.7 Å². The van der Waals surface area contributed by atoms with Crippen molar-refractivity contribution in [2.75, 3.05) is 25.1 Å². The van der Waals surface area contributed by atoms with Crippen LogP contribution >= 0.6 is 0 Å². The van der Waals surface area contributed by atoms with Gasteiger partial charge >= 0.3 is 6.09 Å². The number of amides is 1. The Morgan fingerprint density at radius 3 is 3.06 bits per heavy atom. The SMILES string of the molecule is COc1ncc(F)cc1[C@H]1CCCN1c1ccn2ncc(OC(=O)NC[C@H](C)O)c2n1. The molecule has 3 aromatic rings. The van der Waals surface area contributed by atoms with Crippen molar-refractivity contribution in [3.05, 3.63) is 42.1 Å². The van der Waals surface area contributed by atoms with Gasteiger partial charge in [-0.15, -0.1) is 0 Å². The molecule has 2 N–H and O–H groups in total. The Morgan fingerprint density at radius 2 is 2.29 bits per heavy atom. The highest BCUT2D eigenvalue weighted by Gasteiger charge is 2.31. The minimum absolute atomic E-state index is 0.0652. The number of hydrogen-bond acceptors (Lipinski definition) is 8. The summed E-state index contributed by atoms with van der Waals surface area (Å²) in [6, 6.07) is 3.08. The van der Waals surface area contributed by atoms with Crippen molar-refractivity contribution in [2.24, 2.45) is 0 Å². The van der Waals surface area contributed by atoms with Crippen molar-refractivity contribution < 1.29 is 23.8 Å². The number of hydrogen-bond donors (Lipinski definition) is 2. The van der Waals surface area contributed by atoms with Crippen LogP contribution in [0, 0.1) is 5.82 Å². The Balaban J connectivity index is 1.62. The van der Waals surface area contributed by atoms with E-state index in [0.29, 0.717) is 29.5 Å². The smallest absolute Gasteiger partial charge is 0.412 e. The molecule has 0 aromatic carbocycles. The predicted octanol–water partition coefficient (Wildman–Crippen LogP) is 2.08. The van der Waals surface area contributed by atoms with E-state index in [-0.39, 0.29) is 18.3 Å². The van der Waals surface area contributed by atoms with Gasteiger partial charge in [-0.25, -0.2) is 23.7 Å². The summed E-state index contributed by atoms with van der Waals surface area (Å²) in [5, 5.41) is 15.9. The van der Waals surface area contributed by atoms with E-state index >= 15 is 0 Å². The number of rotatable bonds is 6. The van der Waals surface area contributed by atoms with Gasteiger partial charge in [0.25, 0.3) is 0 Å². The van der Waals surface area contributed by atoms with Gasteiger partial charge in [0.05, 0.1) is 31.6 Å². The number of nitrogens with zero attached hydrogens (tertiary/aromatic N) is 5. The number of fused-ring (bicyclic) bond motifs is 1. The van der Waals surface area contributed by atoms with Gasteiger partial charge in [-0.2, -0.15) is 5.10 Å². The first-order valence-electron chi connectivity index (χ1n) is 9.90. The van der Waals surface area contributed by atoms with Crippen molar-refractivity contribution in [1.29, 1.82) is 0 Å². The van der Waals surface area contributed by atoms with E-state index in [1.165, 1.54) is 23.9 Å². The van der Waals surface area contributed by atoms with Crippen LogP contribution in [-0.2, 0) is 0 Å². The molecule has 4 rings (SSSR count). The summed E-state index contributed by atoms with van der Waals surface area (Å²) in [6.45, 7) is 2.33. The third-order valence-electron chi connectivity index (χ3n) is 5.01. The van der Waals surface area contributed by atoms with Crippen LogP contribution in [0.15, 0.2) is 30.7 Å². The highest BCUT2D eigenvalue weighted by atomic mass is 19.1.